The first kappa shape index (κ1) is 37.7. The minimum absolute atomic E-state index is 0.389. The summed E-state index contributed by atoms with van der Waals surface area (Å²) in [4.78, 5) is 1.45. The molecule has 0 N–H and O–H groups in total. The van der Waals surface area contributed by atoms with Crippen LogP contribution in [0.5, 0.6) is 0 Å². The van der Waals surface area contributed by atoms with Crippen molar-refractivity contribution in [2.75, 3.05) is 0 Å². The lowest BCUT2D eigenvalue weighted by atomic mass is 9.67. The van der Waals surface area contributed by atoms with Crippen LogP contribution < -0.4 is 0 Å². The van der Waals surface area contributed by atoms with Crippen LogP contribution in [0.4, 0.5) is 0 Å². The highest BCUT2D eigenvalue weighted by atomic mass is 32.2. The van der Waals surface area contributed by atoms with Crippen molar-refractivity contribution in [2.45, 2.75) is 122 Å². The van der Waals surface area contributed by atoms with E-state index in [9.17, 15) is 0 Å². The van der Waals surface area contributed by atoms with Gasteiger partial charge in [0.05, 0.1) is 0 Å². The van der Waals surface area contributed by atoms with Crippen LogP contribution in [-0.2, 0) is 0 Å². The molecular formula is C45H62S. The minimum atomic E-state index is 0.389. The van der Waals surface area contributed by atoms with Crippen LogP contribution >= 0.6 is 11.8 Å². The quantitative estimate of drug-likeness (QED) is 0.158. The molecule has 4 unspecified atom stereocenters. The molecule has 0 aliphatic heterocycles. The SMILES string of the molecule is C=CC(C)c1ccc2cc(-c3ccc(SC45CCCC(CC(CC)C4)C5)cc3)ccc2c1.C=CC=C(C)C.C=CCC(C)(C)CC. The zero-order chi connectivity index (χ0) is 33.7. The van der Waals surface area contributed by atoms with Crippen molar-refractivity contribution in [1.82, 2.24) is 0 Å². The molecule has 248 valence electrons. The van der Waals surface area contributed by atoms with Gasteiger partial charge < -0.3 is 0 Å². The summed E-state index contributed by atoms with van der Waals surface area (Å²) in [5, 5.41) is 2.61. The van der Waals surface area contributed by atoms with Gasteiger partial charge in [0.2, 0.25) is 0 Å². The Balaban J connectivity index is 0.000000346. The Kier molecular flexibility index (Phi) is 14.7. The van der Waals surface area contributed by atoms with Crippen molar-refractivity contribution in [3.05, 3.63) is 116 Å². The monoisotopic (exact) mass is 634 g/mol. The first-order valence-electron chi connectivity index (χ1n) is 17.8. The van der Waals surface area contributed by atoms with Crippen molar-refractivity contribution < 1.29 is 0 Å². The van der Waals surface area contributed by atoms with E-state index in [1.165, 1.54) is 89.3 Å². The number of allylic oxidation sites excluding steroid dienone is 5. The summed E-state index contributed by atoms with van der Waals surface area (Å²) < 4.78 is 0.493. The largest absolute Gasteiger partial charge is 0.119 e. The zero-order valence-electron chi connectivity index (χ0n) is 30.2. The minimum Gasteiger partial charge on any atom is -0.119 e. The second-order valence-corrected chi connectivity index (χ2v) is 16.4. The van der Waals surface area contributed by atoms with Gasteiger partial charge in [0.15, 0.2) is 0 Å². The summed E-state index contributed by atoms with van der Waals surface area (Å²) in [5.41, 5.74) is 5.72. The van der Waals surface area contributed by atoms with Crippen molar-refractivity contribution in [1.29, 1.82) is 0 Å². The molecule has 2 saturated carbocycles. The van der Waals surface area contributed by atoms with Crippen molar-refractivity contribution in [2.24, 2.45) is 17.3 Å². The molecule has 2 aliphatic rings. The van der Waals surface area contributed by atoms with Gasteiger partial charge in [0, 0.05) is 9.64 Å². The van der Waals surface area contributed by atoms with Crippen LogP contribution in [0.2, 0.25) is 0 Å². The van der Waals surface area contributed by atoms with Crippen molar-refractivity contribution in [3.63, 3.8) is 0 Å². The summed E-state index contributed by atoms with van der Waals surface area (Å²) in [5.74, 6) is 2.30. The predicted octanol–water partition coefficient (Wildman–Crippen LogP) is 14.8. The van der Waals surface area contributed by atoms with E-state index in [0.717, 1.165) is 18.3 Å². The van der Waals surface area contributed by atoms with E-state index in [0.29, 0.717) is 16.1 Å². The Morgan fingerprint density at radius 3 is 2.17 bits per heavy atom. The molecule has 46 heavy (non-hydrogen) atoms. The van der Waals surface area contributed by atoms with Crippen LogP contribution in [-0.4, -0.2) is 4.75 Å². The fraction of sp³-hybridized carbons (Fsp3) is 0.467. The fourth-order valence-corrected chi connectivity index (χ4v) is 8.61. The van der Waals surface area contributed by atoms with E-state index >= 15 is 0 Å². The highest BCUT2D eigenvalue weighted by Gasteiger charge is 2.43. The molecule has 0 saturated heterocycles. The third-order valence-electron chi connectivity index (χ3n) is 10.2. The molecule has 3 aromatic rings. The average Bonchev–Trinajstić information content (AvgIpc) is 3.04. The number of hydrogen-bond acceptors (Lipinski definition) is 1. The molecule has 0 heterocycles. The van der Waals surface area contributed by atoms with E-state index in [2.05, 4.69) is 127 Å². The normalized spacial score (nSPS) is 21.0. The first-order chi connectivity index (χ1) is 22.0. The maximum Gasteiger partial charge on any atom is 0.0212 e. The van der Waals surface area contributed by atoms with Crippen LogP contribution in [0.25, 0.3) is 21.9 Å². The molecule has 2 fully saturated rings. The molecule has 2 bridgehead atoms. The van der Waals surface area contributed by atoms with Gasteiger partial charge in [-0.15, -0.1) is 24.9 Å². The average molecular weight is 635 g/mol. The van der Waals surface area contributed by atoms with Gasteiger partial charge >= 0.3 is 0 Å². The molecule has 5 rings (SSSR count). The van der Waals surface area contributed by atoms with E-state index in [1.807, 2.05) is 32.1 Å². The van der Waals surface area contributed by atoms with Gasteiger partial charge in [-0.25, -0.2) is 0 Å². The van der Waals surface area contributed by atoms with E-state index < -0.39 is 0 Å². The lowest BCUT2D eigenvalue weighted by molar-refractivity contribution is 0.158. The summed E-state index contributed by atoms with van der Waals surface area (Å²) >= 11 is 2.19. The van der Waals surface area contributed by atoms with Gasteiger partial charge in [-0.2, -0.15) is 0 Å². The molecule has 4 atom stereocenters. The predicted molar refractivity (Wildman–Crippen MR) is 210 cm³/mol. The van der Waals surface area contributed by atoms with Crippen LogP contribution in [0.3, 0.4) is 0 Å². The topological polar surface area (TPSA) is 0 Å². The summed E-state index contributed by atoms with van der Waals surface area (Å²) in [6, 6.07) is 23.0. The van der Waals surface area contributed by atoms with Gasteiger partial charge in [0.25, 0.3) is 0 Å². The Labute approximate surface area is 287 Å². The number of rotatable bonds is 10. The van der Waals surface area contributed by atoms with E-state index in [1.54, 1.807) is 6.08 Å². The molecule has 1 heteroatoms. The molecule has 0 spiro atoms. The number of fused-ring (bicyclic) bond motifs is 3. The second-order valence-electron chi connectivity index (χ2n) is 14.8. The lowest BCUT2D eigenvalue weighted by Gasteiger charge is -2.48. The Bertz CT molecular complexity index is 1430. The summed E-state index contributed by atoms with van der Waals surface area (Å²) in [7, 11) is 0. The number of thioether (sulfide) groups is 1. The maximum absolute atomic E-state index is 3.94. The van der Waals surface area contributed by atoms with Gasteiger partial charge in [-0.05, 0) is 115 Å². The summed E-state index contributed by atoms with van der Waals surface area (Å²) in [6.45, 7) is 26.6. The second kappa shape index (κ2) is 18.0. The van der Waals surface area contributed by atoms with Crippen LogP contribution in [0.1, 0.15) is 118 Å². The molecule has 0 nitrogen and oxygen atoms in total. The molecule has 0 radical (unpaired) electrons. The number of benzene rings is 3. The third kappa shape index (κ3) is 11.2. The molecular weight excluding hydrogens is 573 g/mol. The zero-order valence-corrected chi connectivity index (χ0v) is 31.0. The fourth-order valence-electron chi connectivity index (χ4n) is 6.96. The molecule has 2 aliphatic carbocycles. The van der Waals surface area contributed by atoms with Crippen molar-refractivity contribution in [3.8, 4) is 11.1 Å². The van der Waals surface area contributed by atoms with Crippen LogP contribution in [0, 0.1) is 17.3 Å². The molecule has 0 amide bonds. The van der Waals surface area contributed by atoms with Gasteiger partial charge in [-0.1, -0.05) is 139 Å². The van der Waals surface area contributed by atoms with Crippen molar-refractivity contribution >= 4 is 22.5 Å². The van der Waals surface area contributed by atoms with E-state index in [-0.39, 0.29) is 0 Å². The van der Waals surface area contributed by atoms with E-state index in [4.69, 9.17) is 0 Å². The third-order valence-corrected chi connectivity index (χ3v) is 11.7. The Morgan fingerprint density at radius 1 is 0.935 bits per heavy atom. The summed E-state index contributed by atoms with van der Waals surface area (Å²) in [6.07, 6.45) is 20.1. The number of hydrogen-bond donors (Lipinski definition) is 0. The molecule has 0 aromatic heterocycles. The standard InChI is InChI=1S/C31H36S.C8H16.C6H10/c1-4-22(3)26-8-9-29-19-27(10-11-28(29)18-26)25-12-14-30(15-13-25)32-31-16-6-7-24(21-31)17-23(5-2)20-31;1-5-7-8(3,4)6-2;1-4-5-6(2)3/h4,8-15,18-19,22-24H,1,5-7,16-17,20-21H2,2-3H3;5H,1,6-7H2,2-4H3;4-5H,1H2,2-3H3. The Hall–Kier alpha value is -2.77. The highest BCUT2D eigenvalue weighted by Crippen LogP contribution is 2.55. The molecule has 3 aromatic carbocycles. The smallest absolute Gasteiger partial charge is 0.0212 e. The lowest BCUT2D eigenvalue weighted by Crippen LogP contribution is -2.39. The van der Waals surface area contributed by atoms with Gasteiger partial charge in [-0.3, -0.25) is 0 Å². The van der Waals surface area contributed by atoms with Gasteiger partial charge in [0.1, 0.15) is 0 Å². The highest BCUT2D eigenvalue weighted by molar-refractivity contribution is 8.00. The first-order valence-corrected chi connectivity index (χ1v) is 18.6. The Morgan fingerprint density at radius 2 is 1.61 bits per heavy atom. The van der Waals surface area contributed by atoms with Crippen LogP contribution in [0.15, 0.2) is 115 Å². The maximum atomic E-state index is 3.94.